The molecule has 0 aliphatic carbocycles. The van der Waals surface area contributed by atoms with E-state index in [1.165, 1.54) is 5.56 Å². The highest BCUT2D eigenvalue weighted by Crippen LogP contribution is 2.36. The molecule has 0 N–H and O–H groups in total. The summed E-state index contributed by atoms with van der Waals surface area (Å²) in [6.07, 6.45) is 4.09. The van der Waals surface area contributed by atoms with Crippen molar-refractivity contribution in [3.8, 4) is 0 Å². The van der Waals surface area contributed by atoms with Crippen LogP contribution in [0.3, 0.4) is 0 Å². The summed E-state index contributed by atoms with van der Waals surface area (Å²) in [5.41, 5.74) is 2.42. The minimum atomic E-state index is 0.0169. The van der Waals surface area contributed by atoms with Crippen LogP contribution in [0.4, 0.5) is 0 Å². The van der Waals surface area contributed by atoms with Crippen LogP contribution in [-0.4, -0.2) is 41.3 Å². The first-order chi connectivity index (χ1) is 11.3. The standard InChI is InChI=1S/C18H22N2O2S/c1-2-6-19-16(3-1)11-21-17-4-7-22-18(9-17)13-20(14-18)10-15-5-8-23-12-15/h1-3,5-6,8,12,17H,4,7,9-11,13-14H2. The molecule has 2 fully saturated rings. The largest absolute Gasteiger partial charge is 0.372 e. The highest BCUT2D eigenvalue weighted by atomic mass is 32.1. The first-order valence-corrected chi connectivity index (χ1v) is 9.15. The number of aromatic nitrogens is 1. The summed E-state index contributed by atoms with van der Waals surface area (Å²) in [4.78, 5) is 6.79. The van der Waals surface area contributed by atoms with Gasteiger partial charge in [-0.25, -0.2) is 0 Å². The zero-order chi connectivity index (χ0) is 15.5. The van der Waals surface area contributed by atoms with Gasteiger partial charge in [0.05, 0.1) is 24.0 Å². The number of thiophene rings is 1. The second-order valence-corrected chi connectivity index (χ2v) is 7.34. The molecular formula is C18H22N2O2S. The van der Waals surface area contributed by atoms with Crippen molar-refractivity contribution >= 4 is 11.3 Å². The van der Waals surface area contributed by atoms with Crippen LogP contribution in [0.15, 0.2) is 41.2 Å². The quantitative estimate of drug-likeness (QED) is 0.844. The molecule has 2 aromatic heterocycles. The van der Waals surface area contributed by atoms with E-state index in [0.717, 1.165) is 44.8 Å². The summed E-state index contributed by atoms with van der Waals surface area (Å²) in [5.74, 6) is 0. The van der Waals surface area contributed by atoms with Crippen molar-refractivity contribution < 1.29 is 9.47 Å². The van der Waals surface area contributed by atoms with Gasteiger partial charge in [-0.15, -0.1) is 0 Å². The Morgan fingerprint density at radius 1 is 1.35 bits per heavy atom. The van der Waals surface area contributed by atoms with Gasteiger partial charge >= 0.3 is 0 Å². The number of hydrogen-bond acceptors (Lipinski definition) is 5. The molecule has 0 amide bonds. The predicted octanol–water partition coefficient (Wildman–Crippen LogP) is 3.09. The molecule has 0 aromatic carbocycles. The fraction of sp³-hybridized carbons (Fsp3) is 0.500. The van der Waals surface area contributed by atoms with Gasteiger partial charge in [0.1, 0.15) is 0 Å². The Hall–Kier alpha value is -1.27. The smallest absolute Gasteiger partial charge is 0.0959 e. The van der Waals surface area contributed by atoms with Crippen molar-refractivity contribution in [1.29, 1.82) is 0 Å². The average molecular weight is 330 g/mol. The van der Waals surface area contributed by atoms with Gasteiger partial charge in [0.25, 0.3) is 0 Å². The van der Waals surface area contributed by atoms with E-state index in [9.17, 15) is 0 Å². The van der Waals surface area contributed by atoms with Gasteiger partial charge in [-0.1, -0.05) is 6.07 Å². The number of nitrogens with zero attached hydrogens (tertiary/aromatic N) is 2. The van der Waals surface area contributed by atoms with Crippen LogP contribution in [0.5, 0.6) is 0 Å². The van der Waals surface area contributed by atoms with Crippen LogP contribution in [0.25, 0.3) is 0 Å². The van der Waals surface area contributed by atoms with Crippen LogP contribution < -0.4 is 0 Å². The van der Waals surface area contributed by atoms with Crippen molar-refractivity contribution in [3.05, 3.63) is 52.5 Å². The van der Waals surface area contributed by atoms with Gasteiger partial charge in [-0.3, -0.25) is 9.88 Å². The third kappa shape index (κ3) is 3.63. The molecule has 1 unspecified atom stereocenters. The van der Waals surface area contributed by atoms with Crippen molar-refractivity contribution in [1.82, 2.24) is 9.88 Å². The number of hydrogen-bond donors (Lipinski definition) is 0. The molecule has 23 heavy (non-hydrogen) atoms. The minimum Gasteiger partial charge on any atom is -0.372 e. The van der Waals surface area contributed by atoms with Gasteiger partial charge in [-0.05, 0) is 40.9 Å². The number of pyridine rings is 1. The minimum absolute atomic E-state index is 0.0169. The van der Waals surface area contributed by atoms with E-state index < -0.39 is 0 Å². The third-order valence-corrected chi connectivity index (χ3v) is 5.38. The molecule has 5 heteroatoms. The lowest BCUT2D eigenvalue weighted by molar-refractivity contribution is -0.200. The average Bonchev–Trinajstić information content (AvgIpc) is 3.06. The van der Waals surface area contributed by atoms with E-state index in [0.29, 0.717) is 6.61 Å². The lowest BCUT2D eigenvalue weighted by Gasteiger charge is -2.53. The Balaban J connectivity index is 1.27. The Kier molecular flexibility index (Phi) is 4.44. The molecule has 4 heterocycles. The molecule has 1 atom stereocenters. The van der Waals surface area contributed by atoms with Gasteiger partial charge in [0.15, 0.2) is 0 Å². The molecule has 1 spiro atoms. The molecule has 2 aliphatic heterocycles. The Bertz CT molecular complexity index is 611. The van der Waals surface area contributed by atoms with E-state index in [-0.39, 0.29) is 11.7 Å². The van der Waals surface area contributed by atoms with E-state index in [2.05, 4.69) is 26.7 Å². The first-order valence-electron chi connectivity index (χ1n) is 8.20. The van der Waals surface area contributed by atoms with E-state index >= 15 is 0 Å². The Labute approximate surface area is 141 Å². The highest BCUT2D eigenvalue weighted by Gasteiger charge is 2.47. The lowest BCUT2D eigenvalue weighted by Crippen LogP contribution is -2.65. The van der Waals surface area contributed by atoms with Crippen molar-refractivity contribution in [2.24, 2.45) is 0 Å². The summed E-state index contributed by atoms with van der Waals surface area (Å²) >= 11 is 1.76. The fourth-order valence-corrected chi connectivity index (χ4v) is 4.21. The lowest BCUT2D eigenvalue weighted by atomic mass is 9.84. The summed E-state index contributed by atoms with van der Waals surface area (Å²) in [6.45, 7) is 4.48. The van der Waals surface area contributed by atoms with E-state index in [4.69, 9.17) is 9.47 Å². The van der Waals surface area contributed by atoms with Crippen LogP contribution in [0.1, 0.15) is 24.1 Å². The van der Waals surface area contributed by atoms with E-state index in [1.807, 2.05) is 24.4 Å². The molecule has 0 radical (unpaired) electrons. The maximum Gasteiger partial charge on any atom is 0.0959 e. The number of rotatable bonds is 5. The van der Waals surface area contributed by atoms with Crippen LogP contribution in [0, 0.1) is 0 Å². The maximum atomic E-state index is 6.10. The molecular weight excluding hydrogens is 308 g/mol. The monoisotopic (exact) mass is 330 g/mol. The predicted molar refractivity (Wildman–Crippen MR) is 90.3 cm³/mol. The van der Waals surface area contributed by atoms with Gasteiger partial charge in [0.2, 0.25) is 0 Å². The van der Waals surface area contributed by atoms with Crippen molar-refractivity contribution in [2.75, 3.05) is 19.7 Å². The molecule has 4 nitrogen and oxygen atoms in total. The molecule has 2 aromatic rings. The van der Waals surface area contributed by atoms with Gasteiger partial charge in [-0.2, -0.15) is 11.3 Å². The fourth-order valence-electron chi connectivity index (χ4n) is 3.55. The molecule has 0 saturated carbocycles. The SMILES string of the molecule is c1ccc(COC2CCOC3(C2)CN(Cc2ccsc2)C3)nc1. The summed E-state index contributed by atoms with van der Waals surface area (Å²) in [7, 11) is 0. The normalized spacial score (nSPS) is 23.7. The summed E-state index contributed by atoms with van der Waals surface area (Å²) in [6, 6.07) is 8.16. The number of likely N-dealkylation sites (tertiary alicyclic amines) is 1. The molecule has 122 valence electrons. The highest BCUT2D eigenvalue weighted by molar-refractivity contribution is 7.07. The van der Waals surface area contributed by atoms with Crippen molar-refractivity contribution in [3.63, 3.8) is 0 Å². The van der Waals surface area contributed by atoms with E-state index in [1.54, 1.807) is 11.3 Å². The summed E-state index contributed by atoms with van der Waals surface area (Å²) < 4.78 is 12.2. The van der Waals surface area contributed by atoms with Crippen LogP contribution >= 0.6 is 11.3 Å². The van der Waals surface area contributed by atoms with Crippen LogP contribution in [0.2, 0.25) is 0 Å². The third-order valence-electron chi connectivity index (χ3n) is 4.65. The zero-order valence-corrected chi connectivity index (χ0v) is 14.0. The maximum absolute atomic E-state index is 6.10. The second kappa shape index (κ2) is 6.69. The number of ether oxygens (including phenoxy) is 2. The first kappa shape index (κ1) is 15.3. The molecule has 2 aliphatic rings. The van der Waals surface area contributed by atoms with Crippen molar-refractivity contribution in [2.45, 2.75) is 37.7 Å². The molecule has 0 bridgehead atoms. The Morgan fingerprint density at radius 3 is 3.09 bits per heavy atom. The topological polar surface area (TPSA) is 34.6 Å². The summed E-state index contributed by atoms with van der Waals surface area (Å²) in [5, 5.41) is 4.37. The van der Waals surface area contributed by atoms with Gasteiger partial charge in [0, 0.05) is 38.9 Å². The van der Waals surface area contributed by atoms with Crippen LogP contribution in [-0.2, 0) is 22.6 Å². The molecule has 2 saturated heterocycles. The second-order valence-electron chi connectivity index (χ2n) is 6.56. The Morgan fingerprint density at radius 2 is 2.30 bits per heavy atom. The molecule has 4 rings (SSSR count). The zero-order valence-electron chi connectivity index (χ0n) is 13.2. The van der Waals surface area contributed by atoms with Gasteiger partial charge < -0.3 is 9.47 Å².